The molecule has 0 aromatic heterocycles. The molecular weight excluding hydrogens is 390 g/mol. The maximum absolute atomic E-state index is 12.6. The molecule has 0 aliphatic carbocycles. The van der Waals surface area contributed by atoms with E-state index in [1.54, 1.807) is 24.3 Å². The van der Waals surface area contributed by atoms with E-state index >= 15 is 0 Å². The van der Waals surface area contributed by atoms with E-state index in [0.717, 1.165) is 31.5 Å². The number of halogens is 1. The second kappa shape index (κ2) is 10.4. The quantitative estimate of drug-likeness (QED) is 0.694. The highest BCUT2D eigenvalue weighted by Gasteiger charge is 2.26. The van der Waals surface area contributed by atoms with Crippen LogP contribution in [0.1, 0.15) is 24.8 Å². The molecule has 7 nitrogen and oxygen atoms in total. The van der Waals surface area contributed by atoms with Gasteiger partial charge in [0.15, 0.2) is 0 Å². The number of nitrogens with one attached hydrogen (secondary N) is 2. The van der Waals surface area contributed by atoms with Gasteiger partial charge in [-0.05, 0) is 49.5 Å². The van der Waals surface area contributed by atoms with Crippen molar-refractivity contribution in [1.82, 2.24) is 14.9 Å². The number of sulfonamides is 1. The number of ether oxygens (including phenoxy) is 1. The minimum absolute atomic E-state index is 0. The van der Waals surface area contributed by atoms with Gasteiger partial charge in [0.2, 0.25) is 15.9 Å². The highest BCUT2D eigenvalue weighted by molar-refractivity contribution is 7.89. The molecule has 27 heavy (non-hydrogen) atoms. The number of hydrogen-bond donors (Lipinski definition) is 2. The van der Waals surface area contributed by atoms with Crippen LogP contribution in [0.15, 0.2) is 29.2 Å². The molecule has 1 amide bonds. The van der Waals surface area contributed by atoms with E-state index in [0.29, 0.717) is 45.2 Å². The van der Waals surface area contributed by atoms with Gasteiger partial charge < -0.3 is 15.4 Å². The third kappa shape index (κ3) is 6.15. The van der Waals surface area contributed by atoms with Gasteiger partial charge in [-0.2, -0.15) is 4.31 Å². The van der Waals surface area contributed by atoms with Crippen molar-refractivity contribution < 1.29 is 17.9 Å². The van der Waals surface area contributed by atoms with Crippen LogP contribution < -0.4 is 10.6 Å². The van der Waals surface area contributed by atoms with Gasteiger partial charge in [-0.15, -0.1) is 12.4 Å². The first-order valence-electron chi connectivity index (χ1n) is 9.20. The number of benzene rings is 1. The summed E-state index contributed by atoms with van der Waals surface area (Å²) in [5.41, 5.74) is 0.891. The van der Waals surface area contributed by atoms with Crippen LogP contribution in [0.25, 0.3) is 0 Å². The van der Waals surface area contributed by atoms with E-state index in [2.05, 4.69) is 10.6 Å². The standard InChI is InChI=1S/C18H27N3O4S.ClH/c22-18(6-3-16-7-8-19-13-16)20-14-15-1-4-17(5-2-15)26(23,24)21-9-11-25-12-10-21;/h1-2,4-5,16,19H,3,6-14H2,(H,20,22);1H. The molecular formula is C18H28ClN3O4S. The maximum atomic E-state index is 12.6. The molecule has 1 aromatic carbocycles. The number of morpholine rings is 1. The van der Waals surface area contributed by atoms with Crippen molar-refractivity contribution in [2.24, 2.45) is 5.92 Å². The van der Waals surface area contributed by atoms with Crippen molar-refractivity contribution in [1.29, 1.82) is 0 Å². The summed E-state index contributed by atoms with van der Waals surface area (Å²) in [5.74, 6) is 0.646. The van der Waals surface area contributed by atoms with E-state index in [-0.39, 0.29) is 23.2 Å². The molecule has 9 heteroatoms. The summed E-state index contributed by atoms with van der Waals surface area (Å²) in [4.78, 5) is 12.2. The van der Waals surface area contributed by atoms with Crippen LogP contribution in [0.5, 0.6) is 0 Å². The first kappa shape index (κ1) is 22.1. The van der Waals surface area contributed by atoms with E-state index in [1.165, 1.54) is 4.31 Å². The fourth-order valence-electron chi connectivity index (χ4n) is 3.30. The maximum Gasteiger partial charge on any atom is 0.243 e. The van der Waals surface area contributed by atoms with Crippen LogP contribution in [0.2, 0.25) is 0 Å². The molecule has 0 spiro atoms. The minimum atomic E-state index is -3.47. The number of rotatable bonds is 7. The number of hydrogen-bond acceptors (Lipinski definition) is 5. The Balaban J connectivity index is 0.00000261. The molecule has 3 rings (SSSR count). The Bertz CT molecular complexity index is 700. The summed E-state index contributed by atoms with van der Waals surface area (Å²) < 4.78 is 31.8. The molecule has 2 aliphatic heterocycles. The van der Waals surface area contributed by atoms with Crippen molar-refractivity contribution in [3.63, 3.8) is 0 Å². The Morgan fingerprint density at radius 3 is 2.56 bits per heavy atom. The van der Waals surface area contributed by atoms with E-state index in [1.807, 2.05) is 0 Å². The van der Waals surface area contributed by atoms with Crippen molar-refractivity contribution in [2.45, 2.75) is 30.7 Å². The van der Waals surface area contributed by atoms with Crippen molar-refractivity contribution >= 4 is 28.3 Å². The van der Waals surface area contributed by atoms with Crippen molar-refractivity contribution in [3.8, 4) is 0 Å². The summed E-state index contributed by atoms with van der Waals surface area (Å²) in [6.45, 7) is 4.10. The Morgan fingerprint density at radius 2 is 1.93 bits per heavy atom. The van der Waals surface area contributed by atoms with E-state index < -0.39 is 10.0 Å². The lowest BCUT2D eigenvalue weighted by molar-refractivity contribution is -0.121. The highest BCUT2D eigenvalue weighted by atomic mass is 35.5. The second-order valence-corrected chi connectivity index (χ2v) is 8.77. The van der Waals surface area contributed by atoms with Gasteiger partial charge in [0, 0.05) is 26.1 Å². The Kier molecular flexibility index (Phi) is 8.50. The fraction of sp³-hybridized carbons (Fsp3) is 0.611. The highest BCUT2D eigenvalue weighted by Crippen LogP contribution is 2.18. The molecule has 2 fully saturated rings. The first-order valence-corrected chi connectivity index (χ1v) is 10.6. The monoisotopic (exact) mass is 417 g/mol. The van der Waals surface area contributed by atoms with Crippen LogP contribution >= 0.6 is 12.4 Å². The van der Waals surface area contributed by atoms with Crippen molar-refractivity contribution in [2.75, 3.05) is 39.4 Å². The molecule has 1 aromatic rings. The van der Waals surface area contributed by atoms with Crippen LogP contribution in [-0.4, -0.2) is 58.0 Å². The van der Waals surface area contributed by atoms with Gasteiger partial charge in [-0.25, -0.2) is 8.42 Å². The lowest BCUT2D eigenvalue weighted by atomic mass is 10.0. The Morgan fingerprint density at radius 1 is 1.22 bits per heavy atom. The Hall–Kier alpha value is -1.19. The van der Waals surface area contributed by atoms with E-state index in [9.17, 15) is 13.2 Å². The average molecular weight is 418 g/mol. The fourth-order valence-corrected chi connectivity index (χ4v) is 4.71. The van der Waals surface area contributed by atoms with Crippen LogP contribution in [0, 0.1) is 5.92 Å². The average Bonchev–Trinajstić information content (AvgIpc) is 3.19. The third-order valence-electron chi connectivity index (χ3n) is 4.96. The summed E-state index contributed by atoms with van der Waals surface area (Å²) in [7, 11) is -3.47. The zero-order valence-corrected chi connectivity index (χ0v) is 17.0. The second-order valence-electron chi connectivity index (χ2n) is 6.83. The zero-order valence-electron chi connectivity index (χ0n) is 15.4. The molecule has 2 saturated heterocycles. The molecule has 2 N–H and O–H groups in total. The van der Waals surface area contributed by atoms with Gasteiger partial charge in [0.1, 0.15) is 0 Å². The van der Waals surface area contributed by atoms with Gasteiger partial charge in [-0.3, -0.25) is 4.79 Å². The molecule has 0 saturated carbocycles. The normalized spacial score (nSPS) is 20.8. The summed E-state index contributed by atoms with van der Waals surface area (Å²) in [5, 5.41) is 6.21. The number of carbonyl (C=O) groups excluding carboxylic acids is 1. The van der Waals surface area contributed by atoms with Gasteiger partial charge >= 0.3 is 0 Å². The van der Waals surface area contributed by atoms with Gasteiger partial charge in [-0.1, -0.05) is 12.1 Å². The van der Waals surface area contributed by atoms with Crippen LogP contribution in [0.3, 0.4) is 0 Å². The topological polar surface area (TPSA) is 87.7 Å². The first-order chi connectivity index (χ1) is 12.6. The van der Waals surface area contributed by atoms with Crippen LogP contribution in [-0.2, 0) is 26.1 Å². The SMILES string of the molecule is Cl.O=C(CCC1CCNC1)NCc1ccc(S(=O)(=O)N2CCOCC2)cc1. The number of amides is 1. The zero-order chi connectivity index (χ0) is 18.4. The number of carbonyl (C=O) groups is 1. The molecule has 0 radical (unpaired) electrons. The predicted octanol–water partition coefficient (Wildman–Crippen LogP) is 1.14. The summed E-state index contributed by atoms with van der Waals surface area (Å²) >= 11 is 0. The van der Waals surface area contributed by atoms with Crippen LogP contribution in [0.4, 0.5) is 0 Å². The van der Waals surface area contributed by atoms with Gasteiger partial charge in [0.05, 0.1) is 18.1 Å². The Labute approximate surface area is 167 Å². The summed E-state index contributed by atoms with van der Waals surface area (Å²) in [6, 6.07) is 6.73. The molecule has 1 atom stereocenters. The number of nitrogens with zero attached hydrogens (tertiary/aromatic N) is 1. The lowest BCUT2D eigenvalue weighted by Gasteiger charge is -2.26. The molecule has 152 valence electrons. The minimum Gasteiger partial charge on any atom is -0.379 e. The lowest BCUT2D eigenvalue weighted by Crippen LogP contribution is -2.40. The summed E-state index contributed by atoms with van der Waals surface area (Å²) in [6.07, 6.45) is 2.60. The smallest absolute Gasteiger partial charge is 0.243 e. The molecule has 1 unspecified atom stereocenters. The predicted molar refractivity (Wildman–Crippen MR) is 105 cm³/mol. The van der Waals surface area contributed by atoms with E-state index in [4.69, 9.17) is 4.74 Å². The largest absolute Gasteiger partial charge is 0.379 e. The van der Waals surface area contributed by atoms with Crippen molar-refractivity contribution in [3.05, 3.63) is 29.8 Å². The molecule has 2 aliphatic rings. The third-order valence-corrected chi connectivity index (χ3v) is 6.88. The van der Waals surface area contributed by atoms with Gasteiger partial charge in [0.25, 0.3) is 0 Å². The molecule has 2 heterocycles. The molecule has 0 bridgehead atoms.